The third kappa shape index (κ3) is 6.62. The third-order valence-corrected chi connectivity index (χ3v) is 4.82. The van der Waals surface area contributed by atoms with Gasteiger partial charge in [-0.1, -0.05) is 12.1 Å². The van der Waals surface area contributed by atoms with Crippen molar-refractivity contribution in [3.63, 3.8) is 0 Å². The van der Waals surface area contributed by atoms with Crippen molar-refractivity contribution in [1.29, 1.82) is 0 Å². The van der Waals surface area contributed by atoms with Gasteiger partial charge in [-0.3, -0.25) is 14.8 Å². The molecule has 0 radical (unpaired) electrons. The number of alkyl halides is 3. The van der Waals surface area contributed by atoms with Crippen LogP contribution in [0.25, 0.3) is 11.1 Å². The molecule has 0 saturated heterocycles. The minimum Gasteiger partial charge on any atom is -0.466 e. The average Bonchev–Trinajstić information content (AvgIpc) is 2.77. The van der Waals surface area contributed by atoms with Gasteiger partial charge < -0.3 is 10.1 Å². The van der Waals surface area contributed by atoms with Crippen LogP contribution in [-0.2, 0) is 35.1 Å². The Morgan fingerprint density at radius 3 is 2.59 bits per heavy atom. The summed E-state index contributed by atoms with van der Waals surface area (Å²) in [5.41, 5.74) is 2.74. The van der Waals surface area contributed by atoms with Crippen LogP contribution in [0.5, 0.6) is 0 Å². The SMILES string of the molecule is CCOC(=O)Cc1cncc(-c2ccc(C(F)(F)F)cc2CNCCc2cccnc2)c1. The van der Waals surface area contributed by atoms with E-state index in [1.54, 1.807) is 37.8 Å². The predicted octanol–water partition coefficient (Wildman–Crippen LogP) is 4.60. The molecule has 0 saturated carbocycles. The number of aromatic nitrogens is 2. The summed E-state index contributed by atoms with van der Waals surface area (Å²) in [5.74, 6) is -0.379. The fraction of sp³-hybridized carbons (Fsp3) is 0.292. The van der Waals surface area contributed by atoms with Crippen LogP contribution >= 0.6 is 0 Å². The zero-order valence-corrected chi connectivity index (χ0v) is 17.7. The van der Waals surface area contributed by atoms with Crippen LogP contribution in [0.1, 0.15) is 29.2 Å². The smallest absolute Gasteiger partial charge is 0.416 e. The van der Waals surface area contributed by atoms with E-state index in [0.717, 1.165) is 17.7 Å². The van der Waals surface area contributed by atoms with Gasteiger partial charge in [0.2, 0.25) is 0 Å². The molecule has 0 aliphatic rings. The van der Waals surface area contributed by atoms with Gasteiger partial charge in [-0.05, 0) is 66.4 Å². The van der Waals surface area contributed by atoms with Gasteiger partial charge in [-0.2, -0.15) is 13.2 Å². The van der Waals surface area contributed by atoms with Gasteiger partial charge in [0.25, 0.3) is 0 Å². The van der Waals surface area contributed by atoms with E-state index in [2.05, 4.69) is 15.3 Å². The Morgan fingerprint density at radius 2 is 1.88 bits per heavy atom. The Kier molecular flexibility index (Phi) is 7.94. The second-order valence-corrected chi connectivity index (χ2v) is 7.22. The lowest BCUT2D eigenvalue weighted by atomic mass is 9.97. The Bertz CT molecular complexity index is 1040. The number of halogens is 3. The minimum absolute atomic E-state index is 0.0496. The first-order chi connectivity index (χ1) is 15.4. The van der Waals surface area contributed by atoms with E-state index in [1.165, 1.54) is 6.07 Å². The van der Waals surface area contributed by atoms with Gasteiger partial charge in [-0.15, -0.1) is 0 Å². The van der Waals surface area contributed by atoms with Gasteiger partial charge in [0.15, 0.2) is 0 Å². The monoisotopic (exact) mass is 443 g/mol. The largest absolute Gasteiger partial charge is 0.466 e. The van der Waals surface area contributed by atoms with Crippen molar-refractivity contribution in [1.82, 2.24) is 15.3 Å². The molecule has 2 aromatic heterocycles. The first kappa shape index (κ1) is 23.4. The van der Waals surface area contributed by atoms with Crippen molar-refractivity contribution in [2.75, 3.05) is 13.2 Å². The molecule has 32 heavy (non-hydrogen) atoms. The van der Waals surface area contributed by atoms with E-state index >= 15 is 0 Å². The fourth-order valence-corrected chi connectivity index (χ4v) is 3.31. The highest BCUT2D eigenvalue weighted by Gasteiger charge is 2.31. The zero-order chi connectivity index (χ0) is 23.0. The molecule has 168 valence electrons. The molecule has 0 atom stereocenters. The second-order valence-electron chi connectivity index (χ2n) is 7.22. The van der Waals surface area contributed by atoms with Crippen molar-refractivity contribution in [3.8, 4) is 11.1 Å². The summed E-state index contributed by atoms with van der Waals surface area (Å²) < 4.78 is 44.9. The van der Waals surface area contributed by atoms with E-state index in [1.807, 2.05) is 12.1 Å². The van der Waals surface area contributed by atoms with E-state index in [0.29, 0.717) is 35.2 Å². The molecular formula is C24H24F3N3O2. The molecular weight excluding hydrogens is 419 g/mol. The predicted molar refractivity (Wildman–Crippen MR) is 115 cm³/mol. The van der Waals surface area contributed by atoms with Gasteiger partial charge in [-0.25, -0.2) is 0 Å². The van der Waals surface area contributed by atoms with Gasteiger partial charge in [0.05, 0.1) is 18.6 Å². The summed E-state index contributed by atoms with van der Waals surface area (Å²) in [6.07, 6.45) is 2.90. The van der Waals surface area contributed by atoms with E-state index < -0.39 is 11.7 Å². The molecule has 0 fully saturated rings. The summed E-state index contributed by atoms with van der Waals surface area (Å²) in [6, 6.07) is 9.22. The number of carbonyl (C=O) groups is 1. The van der Waals surface area contributed by atoms with E-state index in [4.69, 9.17) is 4.74 Å². The molecule has 1 N–H and O–H groups in total. The number of nitrogens with zero attached hydrogens (tertiary/aromatic N) is 2. The number of nitrogens with one attached hydrogen (secondary N) is 1. The normalized spacial score (nSPS) is 11.4. The topological polar surface area (TPSA) is 64.1 Å². The van der Waals surface area contributed by atoms with Crippen LogP contribution in [0, 0.1) is 0 Å². The lowest BCUT2D eigenvalue weighted by Crippen LogP contribution is -2.18. The standard InChI is InChI=1S/C24H24F3N3O2/c1-2-32-23(31)11-18-10-19(16-30-14-18)22-6-5-21(24(25,26)27)12-20(22)15-29-9-7-17-4-3-8-28-13-17/h3-6,8,10,12-14,16,29H,2,7,9,11,15H2,1H3. The Labute approximate surface area is 184 Å². The van der Waals surface area contributed by atoms with Gasteiger partial charge in [0, 0.05) is 36.9 Å². The van der Waals surface area contributed by atoms with Crippen molar-refractivity contribution in [2.24, 2.45) is 0 Å². The van der Waals surface area contributed by atoms with Crippen LogP contribution in [0.15, 0.2) is 61.2 Å². The molecule has 0 aliphatic heterocycles. The molecule has 3 aromatic rings. The lowest BCUT2D eigenvalue weighted by Gasteiger charge is -2.15. The average molecular weight is 443 g/mol. The number of benzene rings is 1. The zero-order valence-electron chi connectivity index (χ0n) is 17.7. The highest BCUT2D eigenvalue weighted by atomic mass is 19.4. The number of carbonyl (C=O) groups excluding carboxylic acids is 1. The van der Waals surface area contributed by atoms with Crippen LogP contribution < -0.4 is 5.32 Å². The van der Waals surface area contributed by atoms with Crippen LogP contribution in [0.4, 0.5) is 13.2 Å². The third-order valence-electron chi connectivity index (χ3n) is 4.82. The summed E-state index contributed by atoms with van der Waals surface area (Å²) in [4.78, 5) is 20.0. The molecule has 0 spiro atoms. The number of ether oxygens (including phenoxy) is 1. The first-order valence-corrected chi connectivity index (χ1v) is 10.3. The minimum atomic E-state index is -4.44. The summed E-state index contributed by atoms with van der Waals surface area (Å²) in [6.45, 7) is 2.84. The van der Waals surface area contributed by atoms with Crippen molar-refractivity contribution < 1.29 is 22.7 Å². The summed E-state index contributed by atoms with van der Waals surface area (Å²) >= 11 is 0. The Morgan fingerprint density at radius 1 is 1.06 bits per heavy atom. The number of esters is 1. The van der Waals surface area contributed by atoms with Crippen LogP contribution in [-0.4, -0.2) is 29.1 Å². The van der Waals surface area contributed by atoms with Crippen molar-refractivity contribution in [2.45, 2.75) is 32.5 Å². The van der Waals surface area contributed by atoms with Crippen molar-refractivity contribution in [3.05, 3.63) is 83.4 Å². The Hall–Kier alpha value is -3.26. The maximum atomic E-state index is 13.3. The molecule has 8 heteroatoms. The highest BCUT2D eigenvalue weighted by molar-refractivity contribution is 5.74. The molecule has 0 bridgehead atoms. The lowest BCUT2D eigenvalue weighted by molar-refractivity contribution is -0.142. The fourth-order valence-electron chi connectivity index (χ4n) is 3.31. The molecule has 0 unspecified atom stereocenters. The highest BCUT2D eigenvalue weighted by Crippen LogP contribution is 2.33. The molecule has 5 nitrogen and oxygen atoms in total. The molecule has 0 amide bonds. The van der Waals surface area contributed by atoms with Gasteiger partial charge in [0.1, 0.15) is 0 Å². The molecule has 2 heterocycles. The maximum Gasteiger partial charge on any atom is 0.416 e. The van der Waals surface area contributed by atoms with Crippen LogP contribution in [0.3, 0.4) is 0 Å². The number of pyridine rings is 2. The molecule has 1 aromatic carbocycles. The van der Waals surface area contributed by atoms with E-state index in [-0.39, 0.29) is 25.5 Å². The second kappa shape index (κ2) is 10.9. The van der Waals surface area contributed by atoms with Crippen LogP contribution in [0.2, 0.25) is 0 Å². The molecule has 3 rings (SSSR count). The van der Waals surface area contributed by atoms with Crippen molar-refractivity contribution >= 4 is 5.97 Å². The van der Waals surface area contributed by atoms with Gasteiger partial charge >= 0.3 is 12.1 Å². The maximum absolute atomic E-state index is 13.3. The molecule has 0 aliphatic carbocycles. The number of hydrogen-bond acceptors (Lipinski definition) is 5. The van der Waals surface area contributed by atoms with E-state index in [9.17, 15) is 18.0 Å². The number of rotatable bonds is 9. The Balaban J connectivity index is 1.81. The first-order valence-electron chi connectivity index (χ1n) is 10.3. The summed E-state index contributed by atoms with van der Waals surface area (Å²) in [5, 5.41) is 3.21. The quantitative estimate of drug-likeness (QED) is 0.387. The number of hydrogen-bond donors (Lipinski definition) is 1. The summed E-state index contributed by atoms with van der Waals surface area (Å²) in [7, 11) is 0.